The van der Waals surface area contributed by atoms with E-state index in [9.17, 15) is 0 Å². The second-order valence-electron chi connectivity index (χ2n) is 15.3. The monoisotopic (exact) mass is 702 g/mol. The van der Waals surface area contributed by atoms with Crippen molar-refractivity contribution < 1.29 is 0 Å². The Bertz CT molecular complexity index is 2210. The third kappa shape index (κ3) is 7.56. The van der Waals surface area contributed by atoms with Crippen molar-refractivity contribution in [2.24, 2.45) is 0 Å². The van der Waals surface area contributed by atoms with Crippen molar-refractivity contribution in [3.63, 3.8) is 0 Å². The summed E-state index contributed by atoms with van der Waals surface area (Å²) >= 11 is 0. The molecule has 0 nitrogen and oxygen atoms in total. The number of hydrogen-bond acceptors (Lipinski definition) is 0. The quantitative estimate of drug-likeness (QED) is 0.152. The smallest absolute Gasteiger partial charge is 0.0116 e. The van der Waals surface area contributed by atoms with Crippen LogP contribution in [0.5, 0.6) is 0 Å². The van der Waals surface area contributed by atoms with Crippen LogP contribution in [0.15, 0.2) is 103 Å². The molecule has 0 N–H and O–H groups in total. The maximum Gasteiger partial charge on any atom is -0.0116 e. The molecule has 4 aliphatic carbocycles. The van der Waals surface area contributed by atoms with E-state index in [1.165, 1.54) is 104 Å². The van der Waals surface area contributed by atoms with Crippen molar-refractivity contribution in [2.75, 3.05) is 0 Å². The fourth-order valence-electron chi connectivity index (χ4n) is 8.12. The van der Waals surface area contributed by atoms with Gasteiger partial charge in [-0.15, -0.1) is 0 Å². The van der Waals surface area contributed by atoms with Crippen LogP contribution in [0.4, 0.5) is 0 Å². The van der Waals surface area contributed by atoms with Crippen LogP contribution in [0.3, 0.4) is 0 Å². The van der Waals surface area contributed by atoms with Gasteiger partial charge < -0.3 is 0 Å². The van der Waals surface area contributed by atoms with Crippen LogP contribution in [0, 0.1) is 62.3 Å². The molecule has 0 spiro atoms. The van der Waals surface area contributed by atoms with Gasteiger partial charge in [0.05, 0.1) is 0 Å². The van der Waals surface area contributed by atoms with Crippen molar-refractivity contribution >= 4 is 47.7 Å². The molecule has 0 heterocycles. The lowest BCUT2D eigenvalue weighted by atomic mass is 9.96. The van der Waals surface area contributed by atoms with E-state index < -0.39 is 15.8 Å². The lowest BCUT2D eigenvalue weighted by Gasteiger charge is -2.27. The predicted molar refractivity (Wildman–Crippen MR) is 228 cm³/mol. The van der Waals surface area contributed by atoms with Crippen LogP contribution in [0.25, 0.3) is 0 Å². The Balaban J connectivity index is 1.36. The molecule has 0 aromatic heterocycles. The van der Waals surface area contributed by atoms with Gasteiger partial charge in [0.15, 0.2) is 0 Å². The van der Waals surface area contributed by atoms with Crippen molar-refractivity contribution in [3.05, 3.63) is 175 Å². The molecule has 4 aliphatic rings. The van der Waals surface area contributed by atoms with E-state index in [0.717, 1.165) is 25.7 Å². The van der Waals surface area contributed by atoms with Crippen LogP contribution in [0.1, 0.15) is 72.3 Å². The summed E-state index contributed by atoms with van der Waals surface area (Å²) in [5.74, 6) is 0. The summed E-state index contributed by atoms with van der Waals surface area (Å²) in [6.45, 7) is 20.4. The molecule has 0 aliphatic heterocycles. The fourth-order valence-corrected chi connectivity index (χ4v) is 13.9. The molecule has 6 aromatic carbocycles. The molecule has 2 atom stereocenters. The molecule has 0 amide bonds. The summed E-state index contributed by atoms with van der Waals surface area (Å²) in [6.07, 6.45) is 4.13. The SMILES string of the molecule is Cc1cc(C)cc(P(c2cc(C)c(C)c(C)c2)c2cc3ccc2CCc2ccc(c(P(c4cc(C)cc(C)c4)c4ccc(C)cc4C)c2)CC3)c1. The van der Waals surface area contributed by atoms with Crippen molar-refractivity contribution in [3.8, 4) is 0 Å². The molecular formula is C49H52P2. The zero-order valence-corrected chi connectivity index (χ0v) is 33.8. The van der Waals surface area contributed by atoms with E-state index in [1.807, 2.05) is 0 Å². The maximum atomic E-state index is 2.60. The second-order valence-corrected chi connectivity index (χ2v) is 19.6. The Hall–Kier alpha value is -3.82. The highest BCUT2D eigenvalue weighted by Crippen LogP contribution is 2.39. The third-order valence-electron chi connectivity index (χ3n) is 10.8. The van der Waals surface area contributed by atoms with Gasteiger partial charge in [0.25, 0.3) is 0 Å². The van der Waals surface area contributed by atoms with Crippen LogP contribution in [0.2, 0.25) is 0 Å². The van der Waals surface area contributed by atoms with Gasteiger partial charge in [-0.05, 0) is 180 Å². The highest BCUT2D eigenvalue weighted by Gasteiger charge is 2.25. The number of hydrogen-bond donors (Lipinski definition) is 0. The zero-order chi connectivity index (χ0) is 36.0. The molecule has 258 valence electrons. The van der Waals surface area contributed by atoms with Crippen LogP contribution < -0.4 is 31.8 Å². The van der Waals surface area contributed by atoms with Gasteiger partial charge in [0.1, 0.15) is 0 Å². The van der Waals surface area contributed by atoms with E-state index in [2.05, 4.69) is 165 Å². The Morgan fingerprint density at radius 2 is 0.784 bits per heavy atom. The van der Waals surface area contributed by atoms with Gasteiger partial charge in [-0.25, -0.2) is 0 Å². The van der Waals surface area contributed by atoms with Gasteiger partial charge in [-0.3, -0.25) is 0 Å². The Kier molecular flexibility index (Phi) is 10.2. The molecule has 6 aromatic rings. The summed E-state index contributed by atoms with van der Waals surface area (Å²) in [5.41, 5.74) is 18.2. The first kappa shape index (κ1) is 35.6. The molecule has 0 saturated carbocycles. The lowest BCUT2D eigenvalue weighted by molar-refractivity contribution is 0.933. The molecule has 4 bridgehead atoms. The summed E-state index contributed by atoms with van der Waals surface area (Å²) in [7, 11) is -1.43. The molecule has 0 radical (unpaired) electrons. The first-order valence-corrected chi connectivity index (χ1v) is 21.3. The van der Waals surface area contributed by atoms with Gasteiger partial charge in [0, 0.05) is 0 Å². The third-order valence-corrected chi connectivity index (χ3v) is 15.9. The highest BCUT2D eigenvalue weighted by molar-refractivity contribution is 7.80. The average Bonchev–Trinajstić information content (AvgIpc) is 3.05. The van der Waals surface area contributed by atoms with Gasteiger partial charge >= 0.3 is 0 Å². The van der Waals surface area contributed by atoms with Gasteiger partial charge in [-0.1, -0.05) is 131 Å². The molecule has 0 saturated heterocycles. The summed E-state index contributed by atoms with van der Waals surface area (Å²) in [4.78, 5) is 0. The predicted octanol–water partition coefficient (Wildman–Crippen LogP) is 9.86. The van der Waals surface area contributed by atoms with Gasteiger partial charge in [0.2, 0.25) is 0 Å². The Labute approximate surface area is 309 Å². The molecule has 2 heteroatoms. The van der Waals surface area contributed by atoms with E-state index in [0.29, 0.717) is 0 Å². The highest BCUT2D eigenvalue weighted by atomic mass is 31.1. The summed E-state index contributed by atoms with van der Waals surface area (Å²) in [5, 5.41) is 8.97. The minimum absolute atomic E-state index is 0.711. The minimum Gasteiger partial charge on any atom is -0.0587 e. The van der Waals surface area contributed by atoms with Crippen molar-refractivity contribution in [1.82, 2.24) is 0 Å². The Morgan fingerprint density at radius 1 is 0.333 bits per heavy atom. The second kappa shape index (κ2) is 14.7. The van der Waals surface area contributed by atoms with E-state index in [1.54, 1.807) is 0 Å². The number of aryl methyl sites for hydroxylation is 12. The summed E-state index contributed by atoms with van der Waals surface area (Å²) in [6, 6.07) is 41.5. The van der Waals surface area contributed by atoms with E-state index in [-0.39, 0.29) is 0 Å². The van der Waals surface area contributed by atoms with Gasteiger partial charge in [-0.2, -0.15) is 0 Å². The topological polar surface area (TPSA) is 0 Å². The Morgan fingerprint density at radius 3 is 1.27 bits per heavy atom. The molecule has 2 unspecified atom stereocenters. The zero-order valence-electron chi connectivity index (χ0n) is 32.0. The molecule has 0 fully saturated rings. The van der Waals surface area contributed by atoms with E-state index >= 15 is 0 Å². The van der Waals surface area contributed by atoms with Crippen molar-refractivity contribution in [1.29, 1.82) is 0 Å². The normalized spacial score (nSPS) is 13.9. The number of rotatable bonds is 6. The first-order chi connectivity index (χ1) is 24.4. The van der Waals surface area contributed by atoms with Crippen LogP contribution >= 0.6 is 15.8 Å². The van der Waals surface area contributed by atoms with Crippen LogP contribution in [-0.4, -0.2) is 0 Å². The van der Waals surface area contributed by atoms with Crippen LogP contribution in [-0.2, 0) is 25.7 Å². The maximum absolute atomic E-state index is 2.60. The lowest BCUT2D eigenvalue weighted by Crippen LogP contribution is -2.27. The number of benzene rings is 6. The summed E-state index contributed by atoms with van der Waals surface area (Å²) < 4.78 is 0. The average molecular weight is 703 g/mol. The largest absolute Gasteiger partial charge is 0.0587 e. The molecular weight excluding hydrogens is 650 g/mol. The molecule has 51 heavy (non-hydrogen) atoms. The fraction of sp³-hybridized carbons (Fsp3) is 0.265. The standard InChI is InChI=1S/C49H52P2/c1-31-10-19-47(38(8)22-31)51(45-25-34(4)21-35(5)26-45)49-30-41-12-16-42-15-11-40(13-17-43(49)18-14-41)29-48(42)50(44-23-32(2)20-33(3)24-44)46-27-36(6)39(9)37(7)28-46/h10-11,14-15,18-30H,12-13,16-17H2,1-9H3. The van der Waals surface area contributed by atoms with Crippen molar-refractivity contribution in [2.45, 2.75) is 88.0 Å². The van der Waals surface area contributed by atoms with E-state index in [4.69, 9.17) is 0 Å². The minimum atomic E-state index is -0.720. The first-order valence-electron chi connectivity index (χ1n) is 18.6. The molecule has 10 rings (SSSR count).